The summed E-state index contributed by atoms with van der Waals surface area (Å²) >= 11 is 0. The summed E-state index contributed by atoms with van der Waals surface area (Å²) in [6.07, 6.45) is -3.24. The third-order valence-electron chi connectivity index (χ3n) is 5.21. The van der Waals surface area contributed by atoms with Crippen molar-refractivity contribution in [2.75, 3.05) is 0 Å². The van der Waals surface area contributed by atoms with Gasteiger partial charge in [-0.1, -0.05) is 18.2 Å². The molecule has 1 aliphatic carbocycles. The summed E-state index contributed by atoms with van der Waals surface area (Å²) in [6, 6.07) is 11.6. The summed E-state index contributed by atoms with van der Waals surface area (Å²) in [5, 5.41) is 9.80. The Hall–Kier alpha value is -3.09. The van der Waals surface area contributed by atoms with Gasteiger partial charge in [-0.3, -0.25) is 14.2 Å². The van der Waals surface area contributed by atoms with E-state index in [9.17, 15) is 27.9 Å². The van der Waals surface area contributed by atoms with Gasteiger partial charge in [-0.25, -0.2) is 0 Å². The van der Waals surface area contributed by atoms with Crippen LogP contribution < -0.4 is 0 Å². The minimum Gasteiger partial charge on any atom is -0.481 e. The van der Waals surface area contributed by atoms with Crippen molar-refractivity contribution >= 4 is 22.8 Å². The third-order valence-corrected chi connectivity index (χ3v) is 5.21. The highest BCUT2D eigenvalue weighted by Gasteiger charge is 2.36. The number of alkyl halides is 3. The van der Waals surface area contributed by atoms with Gasteiger partial charge in [-0.15, -0.1) is 0 Å². The number of carbonyl (C=O) groups is 2. The number of hydrogen-bond acceptors (Lipinski definition) is 2. The molecule has 1 aromatic heterocycles. The number of carboxylic acids is 1. The van der Waals surface area contributed by atoms with Crippen LogP contribution in [0.4, 0.5) is 13.2 Å². The standard InChI is InChI=1S/C21H16F3NO3/c22-21(23,24)13-9-10-16-15(11-13)18-14(20(27)28)7-4-8-17(18)25(16)19(26)12-5-2-1-3-6-12/h1-3,5-6,9-11,14H,4,7-8H2,(H,27,28). The molecule has 0 amide bonds. The second-order valence-corrected chi connectivity index (χ2v) is 6.88. The highest BCUT2D eigenvalue weighted by Crippen LogP contribution is 2.42. The van der Waals surface area contributed by atoms with Gasteiger partial charge in [0.05, 0.1) is 17.0 Å². The van der Waals surface area contributed by atoms with Crippen molar-refractivity contribution < 1.29 is 27.9 Å². The fourth-order valence-electron chi connectivity index (χ4n) is 3.99. The molecule has 0 radical (unpaired) electrons. The first kappa shape index (κ1) is 18.3. The van der Waals surface area contributed by atoms with Gasteiger partial charge in [0.1, 0.15) is 0 Å². The number of rotatable bonds is 2. The molecule has 0 aliphatic heterocycles. The molecule has 0 saturated carbocycles. The molecule has 1 N–H and O–H groups in total. The van der Waals surface area contributed by atoms with Crippen molar-refractivity contribution in [2.24, 2.45) is 0 Å². The van der Waals surface area contributed by atoms with Crippen molar-refractivity contribution in [1.29, 1.82) is 0 Å². The molecule has 0 spiro atoms. The molecule has 1 unspecified atom stereocenters. The first-order chi connectivity index (χ1) is 13.3. The Balaban J connectivity index is 2.03. The number of fused-ring (bicyclic) bond motifs is 3. The number of carboxylic acid groups (broad SMARTS) is 1. The summed E-state index contributed by atoms with van der Waals surface area (Å²) in [6.45, 7) is 0. The Bertz CT molecular complexity index is 1080. The summed E-state index contributed by atoms with van der Waals surface area (Å²) in [4.78, 5) is 24.9. The minimum absolute atomic E-state index is 0.182. The maximum absolute atomic E-state index is 13.2. The Morgan fingerprint density at radius 2 is 1.79 bits per heavy atom. The Morgan fingerprint density at radius 3 is 2.43 bits per heavy atom. The van der Waals surface area contributed by atoms with Gasteiger partial charge in [0.15, 0.2) is 0 Å². The van der Waals surface area contributed by atoms with Crippen LogP contribution in [0.25, 0.3) is 10.9 Å². The van der Waals surface area contributed by atoms with Gasteiger partial charge in [0.2, 0.25) is 0 Å². The molecule has 28 heavy (non-hydrogen) atoms. The number of aliphatic carboxylic acids is 1. The predicted octanol–water partition coefficient (Wildman–Crippen LogP) is 4.85. The number of carbonyl (C=O) groups excluding carboxylic acids is 1. The van der Waals surface area contributed by atoms with Crippen molar-refractivity contribution in [2.45, 2.75) is 31.4 Å². The minimum atomic E-state index is -4.56. The smallest absolute Gasteiger partial charge is 0.416 e. The van der Waals surface area contributed by atoms with E-state index in [-0.39, 0.29) is 11.3 Å². The average Bonchev–Trinajstić information content (AvgIpc) is 3.01. The van der Waals surface area contributed by atoms with Crippen LogP contribution in [0.2, 0.25) is 0 Å². The van der Waals surface area contributed by atoms with Gasteiger partial charge in [-0.2, -0.15) is 13.2 Å². The lowest BCUT2D eigenvalue weighted by molar-refractivity contribution is -0.139. The van der Waals surface area contributed by atoms with E-state index in [0.29, 0.717) is 41.6 Å². The number of aromatic nitrogens is 1. The third kappa shape index (κ3) is 2.87. The van der Waals surface area contributed by atoms with Crippen molar-refractivity contribution in [3.8, 4) is 0 Å². The summed E-state index contributed by atoms with van der Waals surface area (Å²) < 4.78 is 41.1. The topological polar surface area (TPSA) is 59.3 Å². The van der Waals surface area contributed by atoms with E-state index in [1.165, 1.54) is 10.6 Å². The normalized spacial score (nSPS) is 16.8. The molecule has 4 nitrogen and oxygen atoms in total. The first-order valence-electron chi connectivity index (χ1n) is 8.86. The largest absolute Gasteiger partial charge is 0.481 e. The Morgan fingerprint density at radius 1 is 1.07 bits per heavy atom. The highest BCUT2D eigenvalue weighted by molar-refractivity contribution is 6.05. The first-order valence-corrected chi connectivity index (χ1v) is 8.86. The molecule has 4 rings (SSSR count). The van der Waals surface area contributed by atoms with Crippen molar-refractivity contribution in [3.63, 3.8) is 0 Å². The molecule has 7 heteroatoms. The molecule has 0 bridgehead atoms. The van der Waals surface area contributed by atoms with Crippen LogP contribution in [0, 0.1) is 0 Å². The number of hydrogen-bond donors (Lipinski definition) is 1. The second-order valence-electron chi connectivity index (χ2n) is 6.88. The van der Waals surface area contributed by atoms with Gasteiger partial charge in [0.25, 0.3) is 5.91 Å². The van der Waals surface area contributed by atoms with Crippen LogP contribution in [0.15, 0.2) is 48.5 Å². The van der Waals surface area contributed by atoms with E-state index in [0.717, 1.165) is 12.1 Å². The zero-order valence-electron chi connectivity index (χ0n) is 14.7. The second kappa shape index (κ2) is 6.51. The lowest BCUT2D eigenvalue weighted by Gasteiger charge is -2.21. The van der Waals surface area contributed by atoms with E-state index in [1.807, 2.05) is 0 Å². The Kier molecular flexibility index (Phi) is 4.25. The summed E-state index contributed by atoms with van der Waals surface area (Å²) in [7, 11) is 0. The van der Waals surface area contributed by atoms with Crippen molar-refractivity contribution in [1.82, 2.24) is 4.57 Å². The van der Waals surface area contributed by atoms with E-state index in [4.69, 9.17) is 0 Å². The van der Waals surface area contributed by atoms with Gasteiger partial charge in [0, 0.05) is 16.6 Å². The van der Waals surface area contributed by atoms with Crippen LogP contribution in [-0.2, 0) is 17.4 Å². The SMILES string of the molecule is O=C(O)C1CCCc2c1c1cc(C(F)(F)F)ccc1n2C(=O)c1ccccc1. The highest BCUT2D eigenvalue weighted by atomic mass is 19.4. The van der Waals surface area contributed by atoms with E-state index < -0.39 is 23.6 Å². The van der Waals surface area contributed by atoms with Crippen LogP contribution in [0.1, 0.15) is 45.9 Å². The van der Waals surface area contributed by atoms with E-state index >= 15 is 0 Å². The lowest BCUT2D eigenvalue weighted by Crippen LogP contribution is -2.21. The molecular formula is C21H16F3NO3. The van der Waals surface area contributed by atoms with Crippen molar-refractivity contribution in [3.05, 3.63) is 70.9 Å². The van der Waals surface area contributed by atoms with Gasteiger partial charge in [-0.05, 0) is 55.2 Å². The summed E-state index contributed by atoms with van der Waals surface area (Å²) in [5.41, 5.74) is 0.646. The molecule has 1 aliphatic rings. The molecule has 1 heterocycles. The zero-order chi connectivity index (χ0) is 20.1. The average molecular weight is 387 g/mol. The van der Waals surface area contributed by atoms with E-state index in [2.05, 4.69) is 0 Å². The molecule has 144 valence electrons. The van der Waals surface area contributed by atoms with Crippen LogP contribution in [0.5, 0.6) is 0 Å². The maximum Gasteiger partial charge on any atom is 0.416 e. The fraction of sp³-hybridized carbons (Fsp3) is 0.238. The molecule has 1 atom stereocenters. The van der Waals surface area contributed by atoms with Crippen LogP contribution in [0.3, 0.4) is 0 Å². The monoisotopic (exact) mass is 387 g/mol. The predicted molar refractivity (Wildman–Crippen MR) is 96.4 cm³/mol. The fourth-order valence-corrected chi connectivity index (χ4v) is 3.99. The number of nitrogens with zero attached hydrogens (tertiary/aromatic N) is 1. The van der Waals surface area contributed by atoms with Gasteiger partial charge >= 0.3 is 12.1 Å². The Labute approximate surface area is 158 Å². The molecule has 2 aromatic carbocycles. The van der Waals surface area contributed by atoms with E-state index in [1.54, 1.807) is 30.3 Å². The molecular weight excluding hydrogens is 371 g/mol. The lowest BCUT2D eigenvalue weighted by atomic mass is 9.85. The summed E-state index contributed by atoms with van der Waals surface area (Å²) in [5.74, 6) is -2.40. The zero-order valence-corrected chi connectivity index (χ0v) is 14.7. The van der Waals surface area contributed by atoms with Crippen LogP contribution >= 0.6 is 0 Å². The quantitative estimate of drug-likeness (QED) is 0.684. The number of halogens is 3. The molecule has 3 aromatic rings. The molecule has 0 fully saturated rings. The van der Waals surface area contributed by atoms with Gasteiger partial charge < -0.3 is 5.11 Å². The van der Waals surface area contributed by atoms with Crippen LogP contribution in [-0.4, -0.2) is 21.6 Å². The number of benzene rings is 2. The molecule has 0 saturated heterocycles. The maximum atomic E-state index is 13.2.